The van der Waals surface area contributed by atoms with E-state index in [4.69, 9.17) is 4.74 Å². The maximum absolute atomic E-state index is 12.4. The highest BCUT2D eigenvalue weighted by Crippen LogP contribution is 2.19. The summed E-state index contributed by atoms with van der Waals surface area (Å²) in [5.74, 6) is -0.0368. The second-order valence-corrected chi connectivity index (χ2v) is 24.9. The van der Waals surface area contributed by atoms with Crippen molar-refractivity contribution in [1.82, 2.24) is 5.32 Å². The standard InChI is InChI=1S/C72H141NO5/c1-3-5-7-9-11-13-44-48-52-56-60-64-70(75)69(68-74)73-71(76)65-61-57-53-49-46-42-40-38-36-34-32-30-28-26-24-22-20-18-16-15-17-19-21-23-25-27-29-31-33-35-37-39-41-43-47-51-55-59-63-67-78-72(77)66-62-58-54-50-45-14-12-10-8-6-4-2/h60,64,69-70,74-75H,3-59,61-63,65-68H2,1-2H3,(H,73,76)/b64-60+. The summed E-state index contributed by atoms with van der Waals surface area (Å²) >= 11 is 0. The van der Waals surface area contributed by atoms with Crippen molar-refractivity contribution in [2.45, 2.75) is 424 Å². The zero-order valence-corrected chi connectivity index (χ0v) is 53.2. The summed E-state index contributed by atoms with van der Waals surface area (Å²) in [6.45, 7) is 4.92. The summed E-state index contributed by atoms with van der Waals surface area (Å²) in [7, 11) is 0. The Hall–Kier alpha value is -1.40. The molecule has 0 aliphatic rings. The van der Waals surface area contributed by atoms with Crippen LogP contribution in [0.1, 0.15) is 412 Å². The molecular weight excluding hydrogens is 959 g/mol. The smallest absolute Gasteiger partial charge is 0.305 e. The van der Waals surface area contributed by atoms with Crippen LogP contribution in [0.4, 0.5) is 0 Å². The highest BCUT2D eigenvalue weighted by molar-refractivity contribution is 5.76. The van der Waals surface area contributed by atoms with Crippen molar-refractivity contribution in [3.63, 3.8) is 0 Å². The molecule has 0 fully saturated rings. The third-order valence-electron chi connectivity index (χ3n) is 17.1. The van der Waals surface area contributed by atoms with Crippen molar-refractivity contribution in [3.05, 3.63) is 12.2 Å². The molecule has 6 heteroatoms. The van der Waals surface area contributed by atoms with Gasteiger partial charge in [0.2, 0.25) is 5.91 Å². The second-order valence-electron chi connectivity index (χ2n) is 24.9. The fraction of sp³-hybridized carbons (Fsp3) is 0.944. The Balaban J connectivity index is 3.27. The largest absolute Gasteiger partial charge is 0.466 e. The van der Waals surface area contributed by atoms with Crippen LogP contribution in [-0.4, -0.2) is 47.4 Å². The molecule has 2 atom stereocenters. The number of esters is 1. The predicted octanol–water partition coefficient (Wildman–Crippen LogP) is 23.1. The lowest BCUT2D eigenvalue weighted by atomic mass is 10.0. The molecule has 0 saturated heterocycles. The molecule has 1 amide bonds. The zero-order valence-electron chi connectivity index (χ0n) is 53.2. The number of nitrogens with one attached hydrogen (secondary N) is 1. The Kier molecular flexibility index (Phi) is 66.9. The van der Waals surface area contributed by atoms with Gasteiger partial charge in [0, 0.05) is 12.8 Å². The molecule has 0 aliphatic heterocycles. The first kappa shape index (κ1) is 76.6. The minimum atomic E-state index is -0.838. The van der Waals surface area contributed by atoms with E-state index in [1.807, 2.05) is 6.08 Å². The van der Waals surface area contributed by atoms with Crippen LogP contribution in [0, 0.1) is 0 Å². The van der Waals surface area contributed by atoms with E-state index in [2.05, 4.69) is 19.2 Å². The Morgan fingerprint density at radius 2 is 0.590 bits per heavy atom. The molecule has 0 aliphatic carbocycles. The van der Waals surface area contributed by atoms with Gasteiger partial charge in [-0.05, 0) is 32.1 Å². The molecule has 0 aromatic heterocycles. The maximum Gasteiger partial charge on any atom is 0.305 e. The van der Waals surface area contributed by atoms with Gasteiger partial charge in [0.05, 0.1) is 25.4 Å². The number of rotatable bonds is 68. The zero-order chi connectivity index (χ0) is 56.4. The Bertz CT molecular complexity index is 1180. The molecule has 78 heavy (non-hydrogen) atoms. The average Bonchev–Trinajstić information content (AvgIpc) is 3.44. The van der Waals surface area contributed by atoms with Crippen molar-refractivity contribution >= 4 is 11.9 Å². The molecule has 0 bridgehead atoms. The number of hydrogen-bond donors (Lipinski definition) is 3. The molecule has 0 spiro atoms. The number of aliphatic hydroxyl groups is 2. The number of amides is 1. The fourth-order valence-electron chi connectivity index (χ4n) is 11.6. The van der Waals surface area contributed by atoms with Crippen LogP contribution in [0.3, 0.4) is 0 Å². The summed E-state index contributed by atoms with van der Waals surface area (Å²) in [5, 5.41) is 23.1. The quantitative estimate of drug-likeness (QED) is 0.0320. The van der Waals surface area contributed by atoms with Crippen LogP contribution in [0.5, 0.6) is 0 Å². The van der Waals surface area contributed by atoms with Crippen molar-refractivity contribution < 1.29 is 24.5 Å². The number of carbonyl (C=O) groups is 2. The van der Waals surface area contributed by atoms with Gasteiger partial charge in [-0.2, -0.15) is 0 Å². The summed E-state index contributed by atoms with van der Waals surface area (Å²) in [5.41, 5.74) is 0. The van der Waals surface area contributed by atoms with Gasteiger partial charge >= 0.3 is 5.97 Å². The highest BCUT2D eigenvalue weighted by Gasteiger charge is 2.18. The number of hydrogen-bond acceptors (Lipinski definition) is 5. The summed E-state index contributed by atoms with van der Waals surface area (Å²) in [6, 6.07) is -0.621. The van der Waals surface area contributed by atoms with E-state index in [0.29, 0.717) is 19.4 Å². The van der Waals surface area contributed by atoms with Crippen molar-refractivity contribution in [2.24, 2.45) is 0 Å². The van der Waals surface area contributed by atoms with E-state index < -0.39 is 12.1 Å². The first-order valence-electron chi connectivity index (χ1n) is 36.0. The summed E-state index contributed by atoms with van der Waals surface area (Å²) < 4.78 is 5.48. The third kappa shape index (κ3) is 63.8. The molecule has 0 heterocycles. The monoisotopic (exact) mass is 1100 g/mol. The van der Waals surface area contributed by atoms with E-state index in [-0.39, 0.29) is 18.5 Å². The lowest BCUT2D eigenvalue weighted by Crippen LogP contribution is -2.45. The van der Waals surface area contributed by atoms with E-state index in [0.717, 1.165) is 38.5 Å². The van der Waals surface area contributed by atoms with Gasteiger partial charge in [0.25, 0.3) is 0 Å². The molecule has 0 radical (unpaired) electrons. The number of aliphatic hydroxyl groups excluding tert-OH is 2. The van der Waals surface area contributed by atoms with Gasteiger partial charge in [-0.25, -0.2) is 0 Å². The van der Waals surface area contributed by atoms with Crippen LogP contribution in [0.15, 0.2) is 12.2 Å². The minimum Gasteiger partial charge on any atom is -0.466 e. The number of carbonyl (C=O) groups excluding carboxylic acids is 2. The molecule has 464 valence electrons. The van der Waals surface area contributed by atoms with Gasteiger partial charge in [-0.1, -0.05) is 379 Å². The van der Waals surface area contributed by atoms with Crippen LogP contribution in [-0.2, 0) is 14.3 Å². The predicted molar refractivity (Wildman–Crippen MR) is 343 cm³/mol. The summed E-state index contributed by atoms with van der Waals surface area (Å²) in [4.78, 5) is 24.5. The SMILES string of the molecule is CCCCCCCCCCC/C=C/C(O)C(CO)NC(=O)CCCCCCCCCCCCCCCCCCCCCCCCCCCCCCCCCCCCCCCCCOC(=O)CCCCCCCCCCCCC. The molecule has 0 rings (SSSR count). The first-order chi connectivity index (χ1) is 38.5. The van der Waals surface area contributed by atoms with Gasteiger partial charge in [-0.3, -0.25) is 9.59 Å². The normalized spacial score (nSPS) is 12.5. The maximum atomic E-state index is 12.4. The molecule has 0 aromatic rings. The molecule has 0 saturated carbocycles. The summed E-state index contributed by atoms with van der Waals surface area (Å²) in [6.07, 6.45) is 84.7. The van der Waals surface area contributed by atoms with Gasteiger partial charge in [0.15, 0.2) is 0 Å². The van der Waals surface area contributed by atoms with Crippen LogP contribution in [0.25, 0.3) is 0 Å². The number of unbranched alkanes of at least 4 members (excludes halogenated alkanes) is 57. The molecule has 2 unspecified atom stereocenters. The van der Waals surface area contributed by atoms with Crippen molar-refractivity contribution in [2.75, 3.05) is 13.2 Å². The number of ether oxygens (including phenoxy) is 1. The van der Waals surface area contributed by atoms with E-state index in [1.54, 1.807) is 6.08 Å². The van der Waals surface area contributed by atoms with Gasteiger partial charge < -0.3 is 20.3 Å². The Morgan fingerprint density at radius 3 is 0.872 bits per heavy atom. The highest BCUT2D eigenvalue weighted by atomic mass is 16.5. The van der Waals surface area contributed by atoms with Crippen LogP contribution >= 0.6 is 0 Å². The fourth-order valence-corrected chi connectivity index (χ4v) is 11.6. The topological polar surface area (TPSA) is 95.9 Å². The number of allylic oxidation sites excluding steroid dienone is 1. The minimum absolute atomic E-state index is 0.0242. The van der Waals surface area contributed by atoms with E-state index in [9.17, 15) is 19.8 Å². The second kappa shape index (κ2) is 68.1. The van der Waals surface area contributed by atoms with Crippen LogP contribution < -0.4 is 5.32 Å². The average molecular weight is 1100 g/mol. The molecule has 3 N–H and O–H groups in total. The van der Waals surface area contributed by atoms with Crippen molar-refractivity contribution in [3.8, 4) is 0 Å². The molecular formula is C72H141NO5. The molecule has 6 nitrogen and oxygen atoms in total. The van der Waals surface area contributed by atoms with Crippen molar-refractivity contribution in [1.29, 1.82) is 0 Å². The lowest BCUT2D eigenvalue weighted by Gasteiger charge is -2.20. The van der Waals surface area contributed by atoms with Crippen LogP contribution in [0.2, 0.25) is 0 Å². The van der Waals surface area contributed by atoms with Gasteiger partial charge in [0.1, 0.15) is 0 Å². The first-order valence-corrected chi connectivity index (χ1v) is 36.0. The lowest BCUT2D eigenvalue weighted by molar-refractivity contribution is -0.143. The Morgan fingerprint density at radius 1 is 0.346 bits per heavy atom. The Labute approximate surface area is 489 Å². The third-order valence-corrected chi connectivity index (χ3v) is 17.1. The van der Waals surface area contributed by atoms with E-state index in [1.165, 1.54) is 347 Å². The van der Waals surface area contributed by atoms with Gasteiger partial charge in [-0.15, -0.1) is 0 Å². The molecule has 0 aromatic carbocycles. The van der Waals surface area contributed by atoms with E-state index >= 15 is 0 Å².